The van der Waals surface area contributed by atoms with Gasteiger partial charge in [-0.05, 0) is 55.3 Å². The molecule has 9 heteroatoms. The Balaban J connectivity index is 1.64. The van der Waals surface area contributed by atoms with E-state index in [0.717, 1.165) is 6.07 Å². The molecule has 1 heterocycles. The molecule has 34 heavy (non-hydrogen) atoms. The fourth-order valence-corrected chi connectivity index (χ4v) is 4.05. The predicted octanol–water partition coefficient (Wildman–Crippen LogP) is 4.39. The highest BCUT2D eigenvalue weighted by Gasteiger charge is 2.35. The number of halogens is 2. The molecule has 0 saturated carbocycles. The monoisotopic (exact) mass is 488 g/mol. The molecule has 1 aliphatic rings. The summed E-state index contributed by atoms with van der Waals surface area (Å²) in [6.45, 7) is 6.77. The van der Waals surface area contributed by atoms with Crippen molar-refractivity contribution in [2.75, 3.05) is 25.0 Å². The van der Waals surface area contributed by atoms with E-state index in [9.17, 15) is 18.8 Å². The molecule has 0 aliphatic carbocycles. The second-order valence-corrected chi connectivity index (χ2v) is 9.05. The molecular weight excluding hydrogens is 459 g/mol. The highest BCUT2D eigenvalue weighted by Crippen LogP contribution is 2.19. The molecule has 3 atom stereocenters. The average molecular weight is 489 g/mol. The fourth-order valence-electron chi connectivity index (χ4n) is 3.92. The Hall–Kier alpha value is -3.13. The van der Waals surface area contributed by atoms with Gasteiger partial charge in [-0.25, -0.2) is 9.18 Å². The predicted molar refractivity (Wildman–Crippen MR) is 130 cm³/mol. The van der Waals surface area contributed by atoms with E-state index in [1.165, 1.54) is 18.2 Å². The Kier molecular flexibility index (Phi) is 8.50. The number of piperazine rings is 1. The molecule has 3 unspecified atom stereocenters. The van der Waals surface area contributed by atoms with Crippen LogP contribution in [0.5, 0.6) is 0 Å². The zero-order valence-corrected chi connectivity index (χ0v) is 20.3. The van der Waals surface area contributed by atoms with Crippen LogP contribution >= 0.6 is 11.6 Å². The van der Waals surface area contributed by atoms with Crippen LogP contribution in [0.2, 0.25) is 5.02 Å². The molecule has 0 bridgehead atoms. The topological polar surface area (TPSA) is 81.8 Å². The lowest BCUT2D eigenvalue weighted by Gasteiger charge is -2.41. The van der Waals surface area contributed by atoms with Crippen LogP contribution in [0.25, 0.3) is 0 Å². The number of amides is 4. The van der Waals surface area contributed by atoms with E-state index in [1.807, 2.05) is 20.8 Å². The van der Waals surface area contributed by atoms with Crippen molar-refractivity contribution in [1.29, 1.82) is 0 Å². The van der Waals surface area contributed by atoms with Gasteiger partial charge in [0.05, 0.1) is 0 Å². The van der Waals surface area contributed by atoms with Gasteiger partial charge in [0.25, 0.3) is 5.91 Å². The van der Waals surface area contributed by atoms with E-state index >= 15 is 0 Å². The van der Waals surface area contributed by atoms with Crippen molar-refractivity contribution < 1.29 is 18.8 Å². The van der Waals surface area contributed by atoms with E-state index in [4.69, 9.17) is 11.6 Å². The van der Waals surface area contributed by atoms with E-state index in [0.29, 0.717) is 36.8 Å². The molecule has 3 rings (SSSR count). The van der Waals surface area contributed by atoms with Gasteiger partial charge in [0.1, 0.15) is 11.9 Å². The molecule has 0 spiro atoms. The quantitative estimate of drug-likeness (QED) is 0.632. The lowest BCUT2D eigenvalue weighted by molar-refractivity contribution is -0.136. The van der Waals surface area contributed by atoms with Gasteiger partial charge >= 0.3 is 6.03 Å². The minimum absolute atomic E-state index is 0.119. The summed E-state index contributed by atoms with van der Waals surface area (Å²) in [6, 6.07) is 11.0. The van der Waals surface area contributed by atoms with Crippen molar-refractivity contribution in [1.82, 2.24) is 15.1 Å². The Bertz CT molecular complexity index is 1030. The third kappa shape index (κ3) is 6.26. The van der Waals surface area contributed by atoms with Crippen LogP contribution in [0.1, 0.15) is 37.6 Å². The van der Waals surface area contributed by atoms with Crippen molar-refractivity contribution in [2.24, 2.45) is 5.92 Å². The molecule has 1 saturated heterocycles. The van der Waals surface area contributed by atoms with E-state index < -0.39 is 17.8 Å². The first-order valence-electron chi connectivity index (χ1n) is 11.4. The molecule has 2 N–H and O–H groups in total. The number of carbonyl (C=O) groups is 3. The highest BCUT2D eigenvalue weighted by atomic mass is 35.5. The molecule has 182 valence electrons. The highest BCUT2D eigenvalue weighted by molar-refractivity contribution is 6.30. The molecule has 7 nitrogen and oxygen atoms in total. The lowest BCUT2D eigenvalue weighted by atomic mass is 9.96. The number of carbonyl (C=O) groups excluding carboxylic acids is 3. The number of rotatable bonds is 6. The van der Waals surface area contributed by atoms with Crippen molar-refractivity contribution in [3.05, 3.63) is 64.9 Å². The largest absolute Gasteiger partial charge is 0.340 e. The molecule has 2 aromatic rings. The van der Waals surface area contributed by atoms with Crippen molar-refractivity contribution >= 4 is 35.1 Å². The molecule has 0 aromatic heterocycles. The van der Waals surface area contributed by atoms with E-state index in [-0.39, 0.29) is 29.5 Å². The van der Waals surface area contributed by atoms with Crippen LogP contribution in [0.4, 0.5) is 14.9 Å². The maximum atomic E-state index is 13.5. The average Bonchev–Trinajstić information content (AvgIpc) is 2.82. The Labute approximate surface area is 204 Å². The molecule has 2 aromatic carbocycles. The minimum Gasteiger partial charge on any atom is -0.340 e. The first-order chi connectivity index (χ1) is 16.2. The number of benzene rings is 2. The van der Waals surface area contributed by atoms with E-state index in [2.05, 4.69) is 10.6 Å². The fraction of sp³-hybridized carbons (Fsp3) is 0.400. The van der Waals surface area contributed by atoms with Gasteiger partial charge in [-0.1, -0.05) is 37.9 Å². The van der Waals surface area contributed by atoms with Crippen molar-refractivity contribution in [2.45, 2.75) is 39.3 Å². The van der Waals surface area contributed by atoms with Gasteiger partial charge in [-0.15, -0.1) is 0 Å². The normalized spacial score (nSPS) is 17.6. The minimum atomic E-state index is -0.748. The summed E-state index contributed by atoms with van der Waals surface area (Å²) in [5.41, 5.74) is 0.801. The van der Waals surface area contributed by atoms with Gasteiger partial charge in [0, 0.05) is 41.9 Å². The Morgan fingerprint density at radius 2 is 1.85 bits per heavy atom. The van der Waals surface area contributed by atoms with E-state index in [1.54, 1.807) is 34.1 Å². The van der Waals surface area contributed by atoms with Gasteiger partial charge < -0.3 is 20.4 Å². The van der Waals surface area contributed by atoms with Gasteiger partial charge in [-0.3, -0.25) is 9.59 Å². The SMILES string of the molecule is CCC(C)C(NC(=O)c1cccc(F)c1)C(=O)N1CCN(C(=O)Nc2ccc(Cl)cc2)C(C)C1. The smallest absolute Gasteiger partial charge is 0.322 e. The molecule has 1 fully saturated rings. The maximum absolute atomic E-state index is 13.5. The first kappa shape index (κ1) is 25.5. The van der Waals surface area contributed by atoms with Gasteiger partial charge in [-0.2, -0.15) is 0 Å². The maximum Gasteiger partial charge on any atom is 0.322 e. The van der Waals surface area contributed by atoms with Gasteiger partial charge in [0.15, 0.2) is 0 Å². The molecule has 0 radical (unpaired) electrons. The number of hydrogen-bond donors (Lipinski definition) is 2. The second-order valence-electron chi connectivity index (χ2n) is 8.61. The van der Waals surface area contributed by atoms with Crippen LogP contribution in [-0.2, 0) is 4.79 Å². The summed E-state index contributed by atoms with van der Waals surface area (Å²) < 4.78 is 13.5. The van der Waals surface area contributed by atoms with Gasteiger partial charge in [0.2, 0.25) is 5.91 Å². The second kappa shape index (κ2) is 11.3. The number of nitrogens with zero attached hydrogens (tertiary/aromatic N) is 2. The lowest BCUT2D eigenvalue weighted by Crippen LogP contribution is -2.60. The first-order valence-corrected chi connectivity index (χ1v) is 11.8. The van der Waals surface area contributed by atoms with Crippen LogP contribution in [0.15, 0.2) is 48.5 Å². The zero-order valence-electron chi connectivity index (χ0n) is 19.6. The third-order valence-corrected chi connectivity index (χ3v) is 6.40. The summed E-state index contributed by atoms with van der Waals surface area (Å²) in [5.74, 6) is -1.33. The standard InChI is InChI=1S/C25H30ClFN4O3/c1-4-16(2)22(29-23(32)18-6-5-7-20(27)14-18)24(33)30-12-13-31(17(3)15-30)25(34)28-21-10-8-19(26)9-11-21/h5-11,14,16-17,22H,4,12-13,15H2,1-3H3,(H,28,34)(H,29,32). The Morgan fingerprint density at radius 1 is 1.15 bits per heavy atom. The van der Waals surface area contributed by atoms with Crippen LogP contribution < -0.4 is 10.6 Å². The number of hydrogen-bond acceptors (Lipinski definition) is 3. The Morgan fingerprint density at radius 3 is 2.47 bits per heavy atom. The third-order valence-electron chi connectivity index (χ3n) is 6.15. The summed E-state index contributed by atoms with van der Waals surface area (Å²) in [7, 11) is 0. The van der Waals surface area contributed by atoms with Crippen LogP contribution in [0, 0.1) is 11.7 Å². The number of nitrogens with one attached hydrogen (secondary N) is 2. The number of urea groups is 1. The molecule has 1 aliphatic heterocycles. The molecule has 4 amide bonds. The van der Waals surface area contributed by atoms with Crippen molar-refractivity contribution in [3.8, 4) is 0 Å². The summed E-state index contributed by atoms with van der Waals surface area (Å²) in [6.07, 6.45) is 0.679. The number of anilines is 1. The summed E-state index contributed by atoms with van der Waals surface area (Å²) in [4.78, 5) is 42.2. The summed E-state index contributed by atoms with van der Waals surface area (Å²) in [5, 5.41) is 6.23. The van der Waals surface area contributed by atoms with Crippen LogP contribution in [-0.4, -0.2) is 59.4 Å². The zero-order chi connectivity index (χ0) is 24.8. The van der Waals surface area contributed by atoms with Crippen LogP contribution in [0.3, 0.4) is 0 Å². The molecular formula is C25H30ClFN4O3. The summed E-state index contributed by atoms with van der Waals surface area (Å²) >= 11 is 5.89. The van der Waals surface area contributed by atoms with Crippen molar-refractivity contribution in [3.63, 3.8) is 0 Å².